The monoisotopic (exact) mass is 431 g/mol. The maximum atomic E-state index is 12.7. The Balaban J connectivity index is 1.39. The van der Waals surface area contributed by atoms with E-state index in [2.05, 4.69) is 15.6 Å². The number of hydrogen-bond donors (Lipinski definition) is 2. The van der Waals surface area contributed by atoms with E-state index in [1.54, 1.807) is 24.3 Å². The van der Waals surface area contributed by atoms with Crippen molar-refractivity contribution in [3.63, 3.8) is 0 Å². The Morgan fingerprint density at radius 1 is 1.00 bits per heavy atom. The molecular weight excluding hydrogens is 410 g/mol. The summed E-state index contributed by atoms with van der Waals surface area (Å²) >= 11 is 1.25. The van der Waals surface area contributed by atoms with Gasteiger partial charge in [-0.1, -0.05) is 47.7 Å². The molecule has 4 rings (SSSR count). The van der Waals surface area contributed by atoms with Gasteiger partial charge in [0.2, 0.25) is 11.8 Å². The van der Waals surface area contributed by atoms with Gasteiger partial charge in [0.25, 0.3) is 0 Å². The molecule has 0 radical (unpaired) electrons. The van der Waals surface area contributed by atoms with Crippen LogP contribution in [0.15, 0.2) is 83.9 Å². The van der Waals surface area contributed by atoms with E-state index < -0.39 is 5.25 Å². The van der Waals surface area contributed by atoms with Gasteiger partial charge in [-0.3, -0.25) is 9.59 Å². The molecule has 1 saturated heterocycles. The standard InChI is InChI=1S/C24H21N3O3S/c1-16-7-9-18(10-8-16)26-24-27-22(28)15-21(31-24)23(29)25-17-11-13-20(14-12-17)30-19-5-3-2-4-6-19/h2-14,21H,15H2,1H3,(H,25,29)(H,26,27,28)/t21-/m0/s1. The smallest absolute Gasteiger partial charge is 0.238 e. The Bertz CT molecular complexity index is 1100. The van der Waals surface area contributed by atoms with E-state index in [-0.39, 0.29) is 18.2 Å². The summed E-state index contributed by atoms with van der Waals surface area (Å²) in [5.74, 6) is 0.942. The lowest BCUT2D eigenvalue weighted by Crippen LogP contribution is -2.41. The Labute approximate surface area is 184 Å². The Hall–Kier alpha value is -3.58. The molecule has 0 spiro atoms. The highest BCUT2D eigenvalue weighted by Crippen LogP contribution is 2.26. The van der Waals surface area contributed by atoms with Crippen molar-refractivity contribution in [3.05, 3.63) is 84.4 Å². The van der Waals surface area contributed by atoms with E-state index in [4.69, 9.17) is 4.74 Å². The van der Waals surface area contributed by atoms with E-state index in [1.165, 1.54) is 11.8 Å². The zero-order valence-corrected chi connectivity index (χ0v) is 17.7. The van der Waals surface area contributed by atoms with Crippen LogP contribution in [0.2, 0.25) is 0 Å². The number of nitrogens with one attached hydrogen (secondary N) is 2. The summed E-state index contributed by atoms with van der Waals surface area (Å²) in [7, 11) is 0. The molecule has 1 heterocycles. The van der Waals surface area contributed by atoms with Crippen LogP contribution in [0, 0.1) is 6.92 Å². The molecule has 156 valence electrons. The van der Waals surface area contributed by atoms with Crippen molar-refractivity contribution in [2.75, 3.05) is 5.32 Å². The fourth-order valence-corrected chi connectivity index (χ4v) is 3.94. The number of hydrogen-bond acceptors (Lipinski definition) is 5. The Morgan fingerprint density at radius 3 is 2.39 bits per heavy atom. The van der Waals surface area contributed by atoms with E-state index in [0.717, 1.165) is 17.0 Å². The molecule has 0 saturated carbocycles. The third-order valence-corrected chi connectivity index (χ3v) is 5.61. The quantitative estimate of drug-likeness (QED) is 0.593. The number of carbonyl (C=O) groups is 2. The van der Waals surface area contributed by atoms with Crippen LogP contribution < -0.4 is 15.4 Å². The second-order valence-electron chi connectivity index (χ2n) is 7.04. The lowest BCUT2D eigenvalue weighted by atomic mass is 10.2. The van der Waals surface area contributed by atoms with Gasteiger partial charge in [-0.2, -0.15) is 0 Å². The Morgan fingerprint density at radius 2 is 1.68 bits per heavy atom. The summed E-state index contributed by atoms with van der Waals surface area (Å²) in [6.07, 6.45) is 0.0959. The van der Waals surface area contributed by atoms with Crippen LogP contribution in [0.4, 0.5) is 11.4 Å². The zero-order valence-electron chi connectivity index (χ0n) is 16.9. The lowest BCUT2D eigenvalue weighted by molar-refractivity contribution is -0.123. The largest absolute Gasteiger partial charge is 0.457 e. The summed E-state index contributed by atoms with van der Waals surface area (Å²) in [5.41, 5.74) is 2.49. The molecule has 2 N–H and O–H groups in total. The number of rotatable bonds is 5. The van der Waals surface area contributed by atoms with E-state index in [1.807, 2.05) is 61.5 Å². The number of amidine groups is 1. The molecule has 0 bridgehead atoms. The first-order valence-electron chi connectivity index (χ1n) is 9.81. The van der Waals surface area contributed by atoms with Crippen LogP contribution in [-0.4, -0.2) is 22.2 Å². The molecule has 1 aliphatic rings. The van der Waals surface area contributed by atoms with Gasteiger partial charge in [-0.15, -0.1) is 0 Å². The van der Waals surface area contributed by atoms with Crippen molar-refractivity contribution in [1.29, 1.82) is 0 Å². The minimum atomic E-state index is -0.557. The zero-order chi connectivity index (χ0) is 21.6. The SMILES string of the molecule is Cc1ccc(N=C2NC(=O)C[C@@H](C(=O)Nc3ccc(Oc4ccccc4)cc3)S2)cc1. The molecule has 3 aromatic rings. The summed E-state index contributed by atoms with van der Waals surface area (Å²) < 4.78 is 5.76. The van der Waals surface area contributed by atoms with E-state index >= 15 is 0 Å². The second-order valence-corrected chi connectivity index (χ2v) is 8.23. The molecule has 1 aliphatic heterocycles. The number of para-hydroxylation sites is 1. The van der Waals surface area contributed by atoms with Gasteiger partial charge in [-0.05, 0) is 55.5 Å². The van der Waals surface area contributed by atoms with Gasteiger partial charge in [0, 0.05) is 12.1 Å². The predicted molar refractivity (Wildman–Crippen MR) is 124 cm³/mol. The lowest BCUT2D eigenvalue weighted by Gasteiger charge is -2.22. The fraction of sp³-hybridized carbons (Fsp3) is 0.125. The van der Waals surface area contributed by atoms with E-state index in [0.29, 0.717) is 16.6 Å². The van der Waals surface area contributed by atoms with Crippen molar-refractivity contribution < 1.29 is 14.3 Å². The second kappa shape index (κ2) is 9.49. The number of aryl methyl sites for hydroxylation is 1. The number of benzene rings is 3. The average Bonchev–Trinajstić information content (AvgIpc) is 2.77. The molecule has 6 nitrogen and oxygen atoms in total. The predicted octanol–water partition coefficient (Wildman–Crippen LogP) is 5.04. The summed E-state index contributed by atoms with van der Waals surface area (Å²) in [6.45, 7) is 1.99. The van der Waals surface area contributed by atoms with Crippen molar-refractivity contribution in [1.82, 2.24) is 5.32 Å². The first kappa shape index (κ1) is 20.7. The fourth-order valence-electron chi connectivity index (χ4n) is 2.94. The maximum Gasteiger partial charge on any atom is 0.238 e. The molecular formula is C24H21N3O3S. The number of amides is 2. The molecule has 31 heavy (non-hydrogen) atoms. The van der Waals surface area contributed by atoms with Crippen LogP contribution in [0.5, 0.6) is 11.5 Å². The number of nitrogens with zero attached hydrogens (tertiary/aromatic N) is 1. The number of carbonyl (C=O) groups excluding carboxylic acids is 2. The highest BCUT2D eigenvalue weighted by atomic mass is 32.2. The first-order valence-corrected chi connectivity index (χ1v) is 10.7. The van der Waals surface area contributed by atoms with Crippen LogP contribution in [-0.2, 0) is 9.59 Å². The molecule has 1 atom stereocenters. The van der Waals surface area contributed by atoms with Gasteiger partial charge < -0.3 is 15.4 Å². The van der Waals surface area contributed by atoms with Gasteiger partial charge in [0.1, 0.15) is 16.7 Å². The Kier molecular flexibility index (Phi) is 6.33. The summed E-state index contributed by atoms with van der Waals surface area (Å²) in [6, 6.07) is 24.2. The third-order valence-electron chi connectivity index (χ3n) is 4.53. The normalized spacial score (nSPS) is 17.1. The van der Waals surface area contributed by atoms with Gasteiger partial charge in [-0.25, -0.2) is 4.99 Å². The molecule has 3 aromatic carbocycles. The van der Waals surface area contributed by atoms with Gasteiger partial charge >= 0.3 is 0 Å². The van der Waals surface area contributed by atoms with Crippen molar-refractivity contribution >= 4 is 40.1 Å². The van der Waals surface area contributed by atoms with Crippen LogP contribution >= 0.6 is 11.8 Å². The molecule has 2 amide bonds. The minimum absolute atomic E-state index is 0.0959. The maximum absolute atomic E-state index is 12.7. The third kappa shape index (κ3) is 5.73. The van der Waals surface area contributed by atoms with Crippen molar-refractivity contribution in [2.24, 2.45) is 4.99 Å². The van der Waals surface area contributed by atoms with E-state index in [9.17, 15) is 9.59 Å². The first-order chi connectivity index (χ1) is 15.0. The number of ether oxygens (including phenoxy) is 1. The summed E-state index contributed by atoms with van der Waals surface area (Å²) in [5, 5.41) is 5.47. The van der Waals surface area contributed by atoms with Gasteiger partial charge in [0.15, 0.2) is 5.17 Å². The highest BCUT2D eigenvalue weighted by molar-refractivity contribution is 8.15. The minimum Gasteiger partial charge on any atom is -0.457 e. The topological polar surface area (TPSA) is 79.8 Å². The molecule has 0 unspecified atom stereocenters. The molecule has 0 aromatic heterocycles. The average molecular weight is 432 g/mol. The number of anilines is 1. The molecule has 1 fully saturated rings. The van der Waals surface area contributed by atoms with Crippen molar-refractivity contribution in [3.8, 4) is 11.5 Å². The number of thioether (sulfide) groups is 1. The van der Waals surface area contributed by atoms with Crippen LogP contribution in [0.25, 0.3) is 0 Å². The summed E-state index contributed by atoms with van der Waals surface area (Å²) in [4.78, 5) is 29.3. The van der Waals surface area contributed by atoms with Gasteiger partial charge in [0.05, 0.1) is 5.69 Å². The highest BCUT2D eigenvalue weighted by Gasteiger charge is 2.30. The number of aliphatic imine (C=N–C) groups is 1. The van der Waals surface area contributed by atoms with Crippen LogP contribution in [0.1, 0.15) is 12.0 Å². The van der Waals surface area contributed by atoms with Crippen molar-refractivity contribution in [2.45, 2.75) is 18.6 Å². The molecule has 0 aliphatic carbocycles. The van der Waals surface area contributed by atoms with Crippen LogP contribution in [0.3, 0.4) is 0 Å². The molecule has 7 heteroatoms.